The maximum atomic E-state index is 13.4. The lowest BCUT2D eigenvalue weighted by Crippen LogP contribution is -2.54. The molecule has 1 unspecified atom stereocenters. The van der Waals surface area contributed by atoms with Gasteiger partial charge in [0.2, 0.25) is 17.7 Å². The number of nitrogens with one attached hydrogen (secondary N) is 4. The second kappa shape index (κ2) is 30.5. The number of carbonyl (C=O) groups excluding carboxylic acids is 6. The largest absolute Gasteiger partial charge is 0.490 e. The van der Waals surface area contributed by atoms with E-state index >= 15 is 0 Å². The van der Waals surface area contributed by atoms with Crippen molar-refractivity contribution in [1.29, 1.82) is 0 Å². The monoisotopic (exact) mass is 852 g/mol. The first-order valence-electron chi connectivity index (χ1n) is 19.5. The topological polar surface area (TPSA) is 244 Å². The van der Waals surface area contributed by atoms with Crippen LogP contribution >= 0.6 is 9.24 Å². The van der Waals surface area contributed by atoms with Crippen LogP contribution in [0.1, 0.15) is 38.7 Å². The van der Waals surface area contributed by atoms with Crippen LogP contribution in [0.15, 0.2) is 48.5 Å². The number of nitrogens with two attached hydrogens (primary N) is 1. The minimum Gasteiger partial charge on any atom is -0.490 e. The van der Waals surface area contributed by atoms with Crippen LogP contribution in [0.5, 0.6) is 0 Å². The van der Waals surface area contributed by atoms with Crippen LogP contribution in [0.2, 0.25) is 0 Å². The van der Waals surface area contributed by atoms with Crippen molar-refractivity contribution in [2.24, 2.45) is 11.7 Å². The summed E-state index contributed by atoms with van der Waals surface area (Å²) >= 11 is 0. The van der Waals surface area contributed by atoms with Gasteiger partial charge in [-0.1, -0.05) is 41.8 Å². The van der Waals surface area contributed by atoms with Crippen molar-refractivity contribution in [2.45, 2.75) is 51.8 Å². The smallest absolute Gasteiger partial charge is 0.312 e. The molecule has 1 aliphatic heterocycles. The zero-order chi connectivity index (χ0) is 43.3. The number of anilines is 1. The lowest BCUT2D eigenvalue weighted by molar-refractivity contribution is -0.137. The first-order valence-corrected chi connectivity index (χ1v) is 20.0. The van der Waals surface area contributed by atoms with E-state index in [1.54, 1.807) is 38.1 Å². The number of carbonyl (C=O) groups is 6. The molecule has 1 aromatic carbocycles. The predicted molar refractivity (Wildman–Crippen MR) is 220 cm³/mol. The van der Waals surface area contributed by atoms with E-state index < -0.39 is 35.8 Å². The summed E-state index contributed by atoms with van der Waals surface area (Å²) in [6, 6.07) is 4.43. The number of hydrogen-bond donors (Lipinski definition) is 5. The summed E-state index contributed by atoms with van der Waals surface area (Å²) in [5.74, 6) is -2.34. The van der Waals surface area contributed by atoms with Gasteiger partial charge in [0.1, 0.15) is 24.2 Å². The molecule has 0 saturated carbocycles. The molecule has 0 radical (unpaired) electrons. The van der Waals surface area contributed by atoms with Crippen molar-refractivity contribution < 1.29 is 61.9 Å². The summed E-state index contributed by atoms with van der Waals surface area (Å²) in [5, 5.41) is 10.8. The molecule has 1 heterocycles. The molecule has 0 aromatic heterocycles. The fourth-order valence-corrected chi connectivity index (χ4v) is 5.18. The van der Waals surface area contributed by atoms with Gasteiger partial charge < -0.3 is 60.2 Å². The predicted octanol–water partition coefficient (Wildman–Crippen LogP) is 0.977. The Balaban J connectivity index is 1.56. The molecule has 3 atom stereocenters. The van der Waals surface area contributed by atoms with Crippen LogP contribution in [-0.2, 0) is 63.7 Å². The highest BCUT2D eigenvalue weighted by Gasteiger charge is 2.29. The lowest BCUT2D eigenvalue weighted by atomic mass is 10.0. The molecule has 20 heteroatoms. The van der Waals surface area contributed by atoms with Crippen molar-refractivity contribution in [2.75, 3.05) is 97.7 Å². The Morgan fingerprint density at radius 2 is 1.25 bits per heavy atom. The molecule has 330 valence electrons. The van der Waals surface area contributed by atoms with E-state index in [-0.39, 0.29) is 63.5 Å². The summed E-state index contributed by atoms with van der Waals surface area (Å²) in [4.78, 5) is 74.6. The maximum absolute atomic E-state index is 13.4. The van der Waals surface area contributed by atoms with Crippen molar-refractivity contribution in [3.63, 3.8) is 0 Å². The normalized spacial score (nSPS) is 13.3. The second-order valence-electron chi connectivity index (χ2n) is 13.3. The van der Waals surface area contributed by atoms with E-state index in [1.165, 1.54) is 12.2 Å². The molecule has 1 aliphatic rings. The van der Waals surface area contributed by atoms with E-state index in [0.717, 1.165) is 10.5 Å². The molecule has 6 N–H and O–H groups in total. The van der Waals surface area contributed by atoms with Gasteiger partial charge in [-0.3, -0.25) is 28.9 Å². The van der Waals surface area contributed by atoms with E-state index in [0.29, 0.717) is 83.7 Å². The van der Waals surface area contributed by atoms with E-state index in [2.05, 4.69) is 37.1 Å². The number of amides is 7. The highest BCUT2D eigenvalue weighted by atomic mass is 31.0. The number of hydrogen-bond acceptors (Lipinski definition) is 13. The first-order chi connectivity index (χ1) is 28.4. The number of nitrogens with zero attached hydrogens (tertiary/aromatic N) is 1. The zero-order valence-corrected chi connectivity index (χ0v) is 35.2. The molecule has 0 bridgehead atoms. The van der Waals surface area contributed by atoms with Gasteiger partial charge in [0, 0.05) is 30.8 Å². The molecule has 0 aliphatic carbocycles. The Hall–Kier alpha value is -4.49. The lowest BCUT2D eigenvalue weighted by Gasteiger charge is -2.25. The molecule has 0 spiro atoms. The third-order valence-corrected chi connectivity index (χ3v) is 8.37. The third-order valence-electron chi connectivity index (χ3n) is 8.21. The van der Waals surface area contributed by atoms with Gasteiger partial charge in [0.25, 0.3) is 11.8 Å². The number of benzene rings is 1. The summed E-state index contributed by atoms with van der Waals surface area (Å²) in [6.07, 6.45) is 3.03. The standard InChI is InChI=1S/C39H61N6O13P/c1-28(2)36(38(50)43-32(5-4-13-41-39(40)51)37(49)42-31-8-6-30(7-9-31)27-58-29(3)59)44-33(46)12-15-52-17-19-54-21-23-56-25-26-57-24-22-55-20-18-53-16-14-45-34(47)10-11-35(45)48/h6-11,28,32,36H,3-5,12-27,59H2,1-2H3,(H,42,49)(H,43,50)(H,44,46)(H3,40,41,51)/t32-,36-/m0/s1. The minimum atomic E-state index is -0.968. The highest BCUT2D eigenvalue weighted by Crippen LogP contribution is 2.15. The van der Waals surface area contributed by atoms with Crippen LogP contribution in [0.4, 0.5) is 10.5 Å². The zero-order valence-electron chi connectivity index (χ0n) is 34.0. The number of rotatable bonds is 34. The Morgan fingerprint density at radius 3 is 1.75 bits per heavy atom. The second-order valence-corrected chi connectivity index (χ2v) is 14.0. The Kier molecular flexibility index (Phi) is 26.2. The Labute approximate surface area is 347 Å². The number of ether oxygens (including phenoxy) is 7. The molecule has 7 amide bonds. The van der Waals surface area contributed by atoms with Gasteiger partial charge in [-0.15, -0.1) is 0 Å². The first kappa shape index (κ1) is 50.7. The van der Waals surface area contributed by atoms with E-state index in [4.69, 9.17) is 38.9 Å². The van der Waals surface area contributed by atoms with Crippen molar-refractivity contribution in [3.8, 4) is 0 Å². The molecule has 59 heavy (non-hydrogen) atoms. The minimum absolute atomic E-state index is 0.0106. The van der Waals surface area contributed by atoms with Gasteiger partial charge in [0.05, 0.1) is 85.8 Å². The molecule has 1 aromatic rings. The van der Waals surface area contributed by atoms with Crippen LogP contribution in [-0.4, -0.2) is 145 Å². The summed E-state index contributed by atoms with van der Waals surface area (Å²) in [7, 11) is 2.37. The van der Waals surface area contributed by atoms with Crippen LogP contribution in [0, 0.1) is 5.92 Å². The number of imide groups is 1. The van der Waals surface area contributed by atoms with Gasteiger partial charge in [-0.2, -0.15) is 0 Å². The molecular weight excluding hydrogens is 791 g/mol. The molecule has 2 rings (SSSR count). The molecular formula is C39H61N6O13P. The number of urea groups is 1. The van der Waals surface area contributed by atoms with E-state index in [9.17, 15) is 28.8 Å². The summed E-state index contributed by atoms with van der Waals surface area (Å²) in [5.41, 5.74) is 7.04. The molecule has 0 fully saturated rings. The quantitative estimate of drug-likeness (QED) is 0.0281. The van der Waals surface area contributed by atoms with Crippen molar-refractivity contribution in [3.05, 3.63) is 54.1 Å². The molecule has 0 saturated heterocycles. The number of primary amides is 1. The van der Waals surface area contributed by atoms with Crippen molar-refractivity contribution >= 4 is 50.5 Å². The fraction of sp³-hybridized carbons (Fsp3) is 0.590. The van der Waals surface area contributed by atoms with Gasteiger partial charge >= 0.3 is 6.03 Å². The third kappa shape index (κ3) is 23.6. The van der Waals surface area contributed by atoms with Gasteiger partial charge in [-0.05, 0) is 36.5 Å². The van der Waals surface area contributed by atoms with Crippen molar-refractivity contribution in [1.82, 2.24) is 20.9 Å². The van der Waals surface area contributed by atoms with Gasteiger partial charge in [-0.25, -0.2) is 4.79 Å². The van der Waals surface area contributed by atoms with Crippen LogP contribution in [0.25, 0.3) is 0 Å². The van der Waals surface area contributed by atoms with E-state index in [1.807, 2.05) is 0 Å². The Bertz CT molecular complexity index is 1480. The van der Waals surface area contributed by atoms with Gasteiger partial charge in [0.15, 0.2) is 0 Å². The van der Waals surface area contributed by atoms with Crippen LogP contribution in [0.3, 0.4) is 0 Å². The summed E-state index contributed by atoms with van der Waals surface area (Å²) < 4.78 is 38.1. The Morgan fingerprint density at radius 1 is 0.746 bits per heavy atom. The average molecular weight is 853 g/mol. The summed E-state index contributed by atoms with van der Waals surface area (Å²) in [6.45, 7) is 11.9. The molecule has 19 nitrogen and oxygen atoms in total. The maximum Gasteiger partial charge on any atom is 0.312 e. The average Bonchev–Trinajstić information content (AvgIpc) is 3.52. The fourth-order valence-electron chi connectivity index (χ4n) is 5.09. The van der Waals surface area contributed by atoms with Crippen LogP contribution < -0.4 is 27.0 Å². The SMILES string of the molecule is C=C(P)OCc1ccc(NC(=O)[C@H](CCCNC(N)=O)NC(=O)[C@@H](NC(=O)CCOCCOCCOCCOCCOCCOCCN2C(=O)C=CC2=O)C(C)C)cc1. The highest BCUT2D eigenvalue weighted by molar-refractivity contribution is 7.21.